The van der Waals surface area contributed by atoms with Crippen molar-refractivity contribution < 1.29 is 9.90 Å². The molecular formula is C9H16N2O3. The number of rotatable bonds is 3. The summed E-state index contributed by atoms with van der Waals surface area (Å²) in [5.41, 5.74) is 0. The molecule has 14 heavy (non-hydrogen) atoms. The quantitative estimate of drug-likeness (QED) is 0.698. The molecule has 5 nitrogen and oxygen atoms in total. The molecule has 0 amide bonds. The van der Waals surface area contributed by atoms with E-state index in [1.54, 1.807) is 0 Å². The Kier molecular flexibility index (Phi) is 3.43. The van der Waals surface area contributed by atoms with Crippen LogP contribution in [0.2, 0.25) is 0 Å². The second-order valence-electron chi connectivity index (χ2n) is 4.14. The van der Waals surface area contributed by atoms with Gasteiger partial charge in [-0.3, -0.25) is 9.80 Å². The molecule has 0 saturated carbocycles. The van der Waals surface area contributed by atoms with Crippen molar-refractivity contribution in [3.8, 4) is 0 Å². The number of hydrogen-bond donors (Lipinski definition) is 1. The molecule has 5 heteroatoms. The second kappa shape index (κ2) is 4.39. The van der Waals surface area contributed by atoms with Gasteiger partial charge in [0.15, 0.2) is 0 Å². The molecule has 0 aromatic heterocycles. The van der Waals surface area contributed by atoms with E-state index in [0.29, 0.717) is 19.5 Å². The molecule has 0 spiro atoms. The summed E-state index contributed by atoms with van der Waals surface area (Å²) >= 11 is 0. The summed E-state index contributed by atoms with van der Waals surface area (Å²) in [5.74, 6) is -0.790. The van der Waals surface area contributed by atoms with Gasteiger partial charge in [0.05, 0.1) is 11.2 Å². The van der Waals surface area contributed by atoms with Crippen LogP contribution in [0.5, 0.6) is 0 Å². The minimum atomic E-state index is -0.755. The van der Waals surface area contributed by atoms with Crippen LogP contribution in [0.3, 0.4) is 0 Å². The first-order valence-electron chi connectivity index (χ1n) is 4.87. The molecule has 0 aromatic rings. The smallest absolute Gasteiger partial charge is 0.306 e. The molecule has 80 valence electrons. The number of aliphatic carboxylic acids is 1. The number of piperidine rings is 1. The zero-order valence-corrected chi connectivity index (χ0v) is 8.51. The number of carboxylic acids is 1. The van der Waals surface area contributed by atoms with Crippen molar-refractivity contribution in [1.29, 1.82) is 0 Å². The molecule has 1 aliphatic heterocycles. The van der Waals surface area contributed by atoms with Crippen molar-refractivity contribution in [2.24, 2.45) is 23.0 Å². The average molecular weight is 200 g/mol. The van der Waals surface area contributed by atoms with Crippen LogP contribution in [0, 0.1) is 22.7 Å². The van der Waals surface area contributed by atoms with Gasteiger partial charge in [0.1, 0.15) is 0 Å². The van der Waals surface area contributed by atoms with Crippen LogP contribution >= 0.6 is 0 Å². The minimum absolute atomic E-state index is 0.0268. The van der Waals surface area contributed by atoms with Gasteiger partial charge in [0.25, 0.3) is 0 Å². The third-order valence-electron chi connectivity index (χ3n) is 2.93. The third-order valence-corrected chi connectivity index (χ3v) is 2.93. The van der Waals surface area contributed by atoms with Crippen molar-refractivity contribution >= 4 is 5.97 Å². The molecule has 0 radical (unpaired) electrons. The first-order valence-corrected chi connectivity index (χ1v) is 4.87. The van der Waals surface area contributed by atoms with Crippen LogP contribution in [-0.4, -0.2) is 29.2 Å². The fourth-order valence-corrected chi connectivity index (χ4v) is 2.02. The fraction of sp³-hybridized carbons (Fsp3) is 0.889. The van der Waals surface area contributed by atoms with Gasteiger partial charge in [-0.2, -0.15) is 0 Å². The molecule has 0 bridgehead atoms. The molecule has 2 atom stereocenters. The van der Waals surface area contributed by atoms with E-state index < -0.39 is 5.97 Å². The maximum Gasteiger partial charge on any atom is 0.306 e. The van der Waals surface area contributed by atoms with Crippen LogP contribution in [0.25, 0.3) is 0 Å². The van der Waals surface area contributed by atoms with E-state index in [0.717, 1.165) is 0 Å². The monoisotopic (exact) mass is 200 g/mol. The van der Waals surface area contributed by atoms with Gasteiger partial charge in [-0.15, -0.1) is 4.91 Å². The van der Waals surface area contributed by atoms with Crippen LogP contribution in [0.4, 0.5) is 0 Å². The van der Waals surface area contributed by atoms with Crippen molar-refractivity contribution in [2.45, 2.75) is 20.3 Å². The Morgan fingerprint density at radius 2 is 2.21 bits per heavy atom. The van der Waals surface area contributed by atoms with Crippen molar-refractivity contribution in [2.75, 3.05) is 13.1 Å². The van der Waals surface area contributed by atoms with Crippen LogP contribution in [-0.2, 0) is 4.79 Å². The number of nitrogens with zero attached hydrogens (tertiary/aromatic N) is 2. The van der Waals surface area contributed by atoms with E-state index in [2.05, 4.69) is 5.29 Å². The highest BCUT2D eigenvalue weighted by atomic mass is 16.4. The molecule has 1 fully saturated rings. The van der Waals surface area contributed by atoms with Crippen molar-refractivity contribution in [3.63, 3.8) is 0 Å². The summed E-state index contributed by atoms with van der Waals surface area (Å²) in [6.45, 7) is 4.89. The molecule has 0 aromatic carbocycles. The summed E-state index contributed by atoms with van der Waals surface area (Å²) in [6.07, 6.45) is 0.518. The Balaban J connectivity index is 2.70. The first kappa shape index (κ1) is 10.9. The summed E-state index contributed by atoms with van der Waals surface area (Å²) in [4.78, 5) is 21.3. The highest BCUT2D eigenvalue weighted by Gasteiger charge is 2.35. The van der Waals surface area contributed by atoms with Crippen molar-refractivity contribution in [1.82, 2.24) is 5.01 Å². The van der Waals surface area contributed by atoms with Gasteiger partial charge in [0.2, 0.25) is 0 Å². The predicted octanol–water partition coefficient (Wildman–Crippen LogP) is 1.35. The predicted molar refractivity (Wildman–Crippen MR) is 51.4 cm³/mol. The van der Waals surface area contributed by atoms with Crippen LogP contribution in [0.15, 0.2) is 5.29 Å². The Bertz CT molecular complexity index is 230. The molecule has 1 heterocycles. The number of carbonyl (C=O) groups is 1. The summed E-state index contributed by atoms with van der Waals surface area (Å²) in [7, 11) is 0. The van der Waals surface area contributed by atoms with Gasteiger partial charge in [-0.1, -0.05) is 13.8 Å². The van der Waals surface area contributed by atoms with E-state index in [1.807, 2.05) is 13.8 Å². The molecule has 1 aliphatic rings. The highest BCUT2D eigenvalue weighted by Crippen LogP contribution is 2.29. The topological polar surface area (TPSA) is 70.0 Å². The zero-order valence-electron chi connectivity index (χ0n) is 8.51. The Morgan fingerprint density at radius 1 is 1.57 bits per heavy atom. The zero-order chi connectivity index (χ0) is 10.7. The van der Waals surface area contributed by atoms with Crippen LogP contribution < -0.4 is 0 Å². The minimum Gasteiger partial charge on any atom is -0.481 e. The molecule has 1 saturated heterocycles. The lowest BCUT2D eigenvalue weighted by atomic mass is 9.79. The highest BCUT2D eigenvalue weighted by molar-refractivity contribution is 5.70. The summed E-state index contributed by atoms with van der Waals surface area (Å²) in [5, 5.41) is 13.3. The molecule has 1 rings (SSSR count). The Hall–Kier alpha value is -1.13. The third kappa shape index (κ3) is 2.21. The second-order valence-corrected chi connectivity index (χ2v) is 4.14. The first-order chi connectivity index (χ1) is 6.56. The van der Waals surface area contributed by atoms with Gasteiger partial charge in [0, 0.05) is 13.1 Å². The maximum absolute atomic E-state index is 10.9. The number of nitroso groups, excluding NO2 is 1. The fourth-order valence-electron chi connectivity index (χ4n) is 2.02. The summed E-state index contributed by atoms with van der Waals surface area (Å²) < 4.78 is 0. The van der Waals surface area contributed by atoms with Gasteiger partial charge >= 0.3 is 5.97 Å². The largest absolute Gasteiger partial charge is 0.481 e. The molecule has 1 N–H and O–H groups in total. The van der Waals surface area contributed by atoms with Gasteiger partial charge < -0.3 is 5.11 Å². The van der Waals surface area contributed by atoms with E-state index >= 15 is 0 Å². The van der Waals surface area contributed by atoms with Crippen molar-refractivity contribution in [3.05, 3.63) is 4.91 Å². The molecule has 2 unspecified atom stereocenters. The lowest BCUT2D eigenvalue weighted by molar-refractivity contribution is -0.146. The average Bonchev–Trinajstić information content (AvgIpc) is 2.16. The van der Waals surface area contributed by atoms with E-state index in [1.165, 1.54) is 5.01 Å². The lowest BCUT2D eigenvalue weighted by Crippen LogP contribution is -2.42. The normalized spacial score (nSPS) is 27.8. The van der Waals surface area contributed by atoms with E-state index in [-0.39, 0.29) is 17.8 Å². The van der Waals surface area contributed by atoms with Crippen LogP contribution in [0.1, 0.15) is 20.3 Å². The molecule has 0 aliphatic carbocycles. The Morgan fingerprint density at radius 3 is 2.64 bits per heavy atom. The van der Waals surface area contributed by atoms with Gasteiger partial charge in [-0.05, 0) is 18.3 Å². The summed E-state index contributed by atoms with van der Waals surface area (Å²) in [6, 6.07) is 0. The maximum atomic E-state index is 10.9. The number of hydrogen-bond acceptors (Lipinski definition) is 3. The van der Waals surface area contributed by atoms with E-state index in [4.69, 9.17) is 5.11 Å². The Labute approximate surface area is 83.0 Å². The standard InChI is InChI=1S/C9H16N2O3/c1-6(2)8-5-11(10-14)4-3-7(8)9(12)13/h6-8H,3-5H2,1-2H3,(H,12,13). The lowest BCUT2D eigenvalue weighted by Gasteiger charge is -2.35. The van der Waals surface area contributed by atoms with E-state index in [9.17, 15) is 9.70 Å². The molecular weight excluding hydrogens is 184 g/mol. The van der Waals surface area contributed by atoms with Gasteiger partial charge in [-0.25, -0.2) is 0 Å². The SMILES string of the molecule is CC(C)C1CN(N=O)CCC1C(=O)O. The number of carboxylic acid groups (broad SMARTS) is 1.